The molecule has 1 saturated heterocycles. The minimum absolute atomic E-state index is 0.153. The van der Waals surface area contributed by atoms with Crippen molar-refractivity contribution in [2.75, 3.05) is 4.90 Å². The molecule has 1 heterocycles. The summed E-state index contributed by atoms with van der Waals surface area (Å²) in [5.74, 6) is -1.78. The fourth-order valence-electron chi connectivity index (χ4n) is 2.27. The number of phenolic OH excluding ortho intramolecular Hbond substituents is 2. The molecule has 1 amide bonds. The molecule has 0 radical (unpaired) electrons. The van der Waals surface area contributed by atoms with Crippen LogP contribution in [0, 0.1) is 0 Å². The van der Waals surface area contributed by atoms with Crippen LogP contribution >= 0.6 is 24.0 Å². The molecule has 0 unspecified atom stereocenters. The average molecular weight is 373 g/mol. The number of nitrogens with zero attached hydrogens (tertiary/aromatic N) is 1. The molecule has 0 aliphatic carbocycles. The van der Waals surface area contributed by atoms with E-state index in [2.05, 4.69) is 0 Å². The van der Waals surface area contributed by atoms with Crippen molar-refractivity contribution in [3.05, 3.63) is 58.5 Å². The number of aromatic hydroxyl groups is 2. The van der Waals surface area contributed by atoms with Crippen molar-refractivity contribution >= 4 is 51.9 Å². The first-order valence-corrected chi connectivity index (χ1v) is 8.22. The molecule has 0 bridgehead atoms. The van der Waals surface area contributed by atoms with E-state index in [-0.39, 0.29) is 33.0 Å². The maximum Gasteiger partial charge on any atom is 0.335 e. The maximum atomic E-state index is 12.6. The summed E-state index contributed by atoms with van der Waals surface area (Å²) in [7, 11) is 0. The third-order valence-electron chi connectivity index (χ3n) is 3.39. The molecule has 126 valence electrons. The first-order chi connectivity index (χ1) is 11.8. The van der Waals surface area contributed by atoms with Crippen LogP contribution in [-0.2, 0) is 4.79 Å². The summed E-state index contributed by atoms with van der Waals surface area (Å²) in [6, 6.07) is 9.89. The van der Waals surface area contributed by atoms with Gasteiger partial charge in [-0.3, -0.25) is 9.69 Å². The predicted octanol–water partition coefficient (Wildman–Crippen LogP) is 3.20. The first kappa shape index (κ1) is 17.0. The summed E-state index contributed by atoms with van der Waals surface area (Å²) in [6.45, 7) is 0. The number of aromatic carboxylic acids is 1. The van der Waals surface area contributed by atoms with Crippen LogP contribution in [0.25, 0.3) is 6.08 Å². The van der Waals surface area contributed by atoms with Crippen LogP contribution in [-0.4, -0.2) is 31.5 Å². The number of hydrogen-bond acceptors (Lipinski definition) is 6. The number of carbonyl (C=O) groups excluding carboxylic acids is 1. The second-order valence-corrected chi connectivity index (χ2v) is 6.83. The topological polar surface area (TPSA) is 98.1 Å². The number of amides is 1. The van der Waals surface area contributed by atoms with Crippen LogP contribution in [0.2, 0.25) is 0 Å². The third-order valence-corrected chi connectivity index (χ3v) is 4.70. The van der Waals surface area contributed by atoms with Crippen molar-refractivity contribution in [3.8, 4) is 11.5 Å². The third kappa shape index (κ3) is 3.49. The van der Waals surface area contributed by atoms with Gasteiger partial charge in [-0.25, -0.2) is 4.79 Å². The van der Waals surface area contributed by atoms with Gasteiger partial charge in [0.1, 0.15) is 11.5 Å². The number of phenols is 2. The highest BCUT2D eigenvalue weighted by Crippen LogP contribution is 2.38. The second kappa shape index (κ2) is 6.58. The Kier molecular flexibility index (Phi) is 4.47. The van der Waals surface area contributed by atoms with Gasteiger partial charge in [-0.05, 0) is 23.8 Å². The van der Waals surface area contributed by atoms with Gasteiger partial charge in [0.25, 0.3) is 5.91 Å². The lowest BCUT2D eigenvalue weighted by molar-refractivity contribution is -0.113. The Bertz CT molecular complexity index is 901. The van der Waals surface area contributed by atoms with Crippen LogP contribution in [0.15, 0.2) is 47.4 Å². The average Bonchev–Trinajstić information content (AvgIpc) is 2.81. The maximum absolute atomic E-state index is 12.6. The Morgan fingerprint density at radius 1 is 1.08 bits per heavy atom. The number of thiocarbonyl (C=S) groups is 1. The number of benzene rings is 2. The molecule has 0 spiro atoms. The van der Waals surface area contributed by atoms with E-state index in [0.717, 1.165) is 17.8 Å². The van der Waals surface area contributed by atoms with Crippen LogP contribution in [0.3, 0.4) is 0 Å². The molecule has 2 aromatic rings. The molecular weight excluding hydrogens is 362 g/mol. The van der Waals surface area contributed by atoms with Crippen molar-refractivity contribution in [2.45, 2.75) is 0 Å². The number of thioether (sulfide) groups is 1. The molecule has 25 heavy (non-hydrogen) atoms. The minimum Gasteiger partial charge on any atom is -0.508 e. The molecule has 0 aromatic heterocycles. The summed E-state index contributed by atoms with van der Waals surface area (Å²) in [5, 5.41) is 28.1. The van der Waals surface area contributed by atoms with Gasteiger partial charge in [-0.15, -0.1) is 0 Å². The molecular formula is C17H11NO5S2. The largest absolute Gasteiger partial charge is 0.508 e. The fraction of sp³-hybridized carbons (Fsp3) is 0. The van der Waals surface area contributed by atoms with E-state index in [1.165, 1.54) is 29.2 Å². The van der Waals surface area contributed by atoms with E-state index in [0.29, 0.717) is 10.5 Å². The van der Waals surface area contributed by atoms with Crippen molar-refractivity contribution < 1.29 is 24.9 Å². The van der Waals surface area contributed by atoms with Gasteiger partial charge in [-0.1, -0.05) is 36.1 Å². The van der Waals surface area contributed by atoms with Crippen molar-refractivity contribution in [1.29, 1.82) is 0 Å². The standard InChI is InChI=1S/C17H11NO5S2/c19-12-6-11(7-13(20)8-12)18-15(21)14(25-17(18)24)5-9-1-3-10(4-2-9)16(22)23/h1-8,19-20H,(H,22,23)/b14-5+. The van der Waals surface area contributed by atoms with Crippen molar-refractivity contribution in [1.82, 2.24) is 0 Å². The lowest BCUT2D eigenvalue weighted by Gasteiger charge is -2.15. The van der Waals surface area contributed by atoms with Crippen molar-refractivity contribution in [3.63, 3.8) is 0 Å². The summed E-state index contributed by atoms with van der Waals surface area (Å²) < 4.78 is 0.267. The zero-order valence-corrected chi connectivity index (χ0v) is 14.2. The monoisotopic (exact) mass is 373 g/mol. The van der Waals surface area contributed by atoms with Crippen LogP contribution in [0.4, 0.5) is 5.69 Å². The number of carboxylic acid groups (broad SMARTS) is 1. The Hall–Kier alpha value is -2.84. The van der Waals surface area contributed by atoms with Crippen LogP contribution in [0.1, 0.15) is 15.9 Å². The summed E-state index contributed by atoms with van der Waals surface area (Å²) >= 11 is 6.30. The highest BCUT2D eigenvalue weighted by atomic mass is 32.2. The normalized spacial score (nSPS) is 15.8. The summed E-state index contributed by atoms with van der Waals surface area (Å²) in [5.41, 5.74) is 1.08. The molecule has 6 nitrogen and oxygen atoms in total. The van der Waals surface area contributed by atoms with Gasteiger partial charge >= 0.3 is 5.97 Å². The van der Waals surface area contributed by atoms with E-state index < -0.39 is 5.97 Å². The van der Waals surface area contributed by atoms with E-state index in [9.17, 15) is 19.8 Å². The van der Waals surface area contributed by atoms with Gasteiger partial charge in [0.15, 0.2) is 4.32 Å². The lowest BCUT2D eigenvalue weighted by atomic mass is 10.1. The van der Waals surface area contributed by atoms with Gasteiger partial charge in [0, 0.05) is 18.2 Å². The quantitative estimate of drug-likeness (QED) is 0.561. The number of carboxylic acids is 1. The molecule has 3 N–H and O–H groups in total. The Morgan fingerprint density at radius 2 is 1.68 bits per heavy atom. The molecule has 1 fully saturated rings. The zero-order valence-electron chi connectivity index (χ0n) is 12.5. The van der Waals surface area contributed by atoms with Gasteiger partial charge in [-0.2, -0.15) is 0 Å². The molecule has 2 aromatic carbocycles. The smallest absolute Gasteiger partial charge is 0.335 e. The second-order valence-electron chi connectivity index (χ2n) is 5.15. The number of rotatable bonds is 3. The van der Waals surface area contributed by atoms with Gasteiger partial charge in [0.2, 0.25) is 0 Å². The molecule has 0 atom stereocenters. The molecule has 1 aliphatic rings. The minimum atomic E-state index is -1.03. The summed E-state index contributed by atoms with van der Waals surface area (Å²) in [6.07, 6.45) is 1.60. The van der Waals surface area contributed by atoms with E-state index in [4.69, 9.17) is 17.3 Å². The molecule has 3 rings (SSSR count). The molecule has 0 saturated carbocycles. The van der Waals surface area contributed by atoms with Crippen LogP contribution < -0.4 is 4.90 Å². The SMILES string of the molecule is O=C(O)c1ccc(/C=C2/SC(=S)N(c3cc(O)cc(O)c3)C2=O)cc1. The Balaban J connectivity index is 1.91. The van der Waals surface area contributed by atoms with Crippen molar-refractivity contribution in [2.24, 2.45) is 0 Å². The highest BCUT2D eigenvalue weighted by Gasteiger charge is 2.33. The number of hydrogen-bond donors (Lipinski definition) is 3. The molecule has 1 aliphatic heterocycles. The van der Waals surface area contributed by atoms with Gasteiger partial charge in [0.05, 0.1) is 16.2 Å². The Labute approximate surface area is 152 Å². The zero-order chi connectivity index (χ0) is 18.1. The van der Waals surface area contributed by atoms with Crippen LogP contribution in [0.5, 0.6) is 11.5 Å². The van der Waals surface area contributed by atoms with E-state index >= 15 is 0 Å². The fourth-order valence-corrected chi connectivity index (χ4v) is 3.57. The molecule has 8 heteroatoms. The Morgan fingerprint density at radius 3 is 2.24 bits per heavy atom. The van der Waals surface area contributed by atoms with E-state index in [1.807, 2.05) is 0 Å². The number of anilines is 1. The predicted molar refractivity (Wildman–Crippen MR) is 98.8 cm³/mol. The lowest BCUT2D eigenvalue weighted by Crippen LogP contribution is -2.27. The van der Waals surface area contributed by atoms with Gasteiger partial charge < -0.3 is 15.3 Å². The first-order valence-electron chi connectivity index (χ1n) is 6.99. The van der Waals surface area contributed by atoms with E-state index in [1.54, 1.807) is 18.2 Å². The highest BCUT2D eigenvalue weighted by molar-refractivity contribution is 8.27. The number of carbonyl (C=O) groups is 2. The summed E-state index contributed by atoms with van der Waals surface area (Å²) in [4.78, 5) is 25.1.